The van der Waals surface area contributed by atoms with E-state index in [2.05, 4.69) is 24.2 Å². The topological polar surface area (TPSA) is 24.4 Å². The third-order valence-electron chi connectivity index (χ3n) is 2.82. The lowest BCUT2D eigenvalue weighted by atomic mass is 9.97. The van der Waals surface area contributed by atoms with E-state index >= 15 is 0 Å². The number of hydrogen-bond donors (Lipinski definition) is 1. The van der Waals surface area contributed by atoms with Gasteiger partial charge in [0.25, 0.3) is 0 Å². The lowest BCUT2D eigenvalue weighted by Gasteiger charge is -2.19. The van der Waals surface area contributed by atoms with Crippen LogP contribution in [0.3, 0.4) is 0 Å². The Morgan fingerprint density at radius 3 is 2.71 bits per heavy atom. The van der Waals surface area contributed by atoms with Gasteiger partial charge in [-0.1, -0.05) is 37.0 Å². The van der Waals surface area contributed by atoms with Crippen molar-refractivity contribution in [3.05, 3.63) is 33.3 Å². The van der Waals surface area contributed by atoms with Gasteiger partial charge in [0.1, 0.15) is 0 Å². The van der Waals surface area contributed by atoms with Crippen molar-refractivity contribution in [2.24, 2.45) is 4.99 Å². The molecule has 0 amide bonds. The number of benzene rings is 1. The third kappa shape index (κ3) is 3.01. The summed E-state index contributed by atoms with van der Waals surface area (Å²) in [5.41, 5.74) is 3.47. The molecule has 0 aliphatic carbocycles. The highest BCUT2D eigenvalue weighted by atomic mass is 35.5. The van der Waals surface area contributed by atoms with Gasteiger partial charge in [0.2, 0.25) is 0 Å². The molecule has 0 fully saturated rings. The zero-order valence-electron chi connectivity index (χ0n) is 10.1. The molecule has 1 aliphatic rings. The molecule has 1 heterocycles. The quantitative estimate of drug-likeness (QED) is 0.895. The highest BCUT2D eigenvalue weighted by Gasteiger charge is 2.16. The van der Waals surface area contributed by atoms with Crippen molar-refractivity contribution in [2.75, 3.05) is 13.1 Å². The number of aliphatic imine (C=N–C) groups is 1. The van der Waals surface area contributed by atoms with Gasteiger partial charge in [-0.05, 0) is 24.1 Å². The molecule has 2 nitrogen and oxygen atoms in total. The molecular weight excluding hydrogens is 255 g/mol. The van der Waals surface area contributed by atoms with Crippen molar-refractivity contribution in [1.82, 2.24) is 5.32 Å². The van der Waals surface area contributed by atoms with E-state index in [1.165, 1.54) is 5.56 Å². The van der Waals surface area contributed by atoms with Crippen LogP contribution >= 0.6 is 23.2 Å². The number of nitrogens with zero attached hydrogens (tertiary/aromatic N) is 1. The van der Waals surface area contributed by atoms with Crippen molar-refractivity contribution < 1.29 is 0 Å². The minimum absolute atomic E-state index is 0.450. The van der Waals surface area contributed by atoms with Gasteiger partial charge in [-0.2, -0.15) is 0 Å². The number of rotatable bonds is 3. The predicted molar refractivity (Wildman–Crippen MR) is 74.7 cm³/mol. The summed E-state index contributed by atoms with van der Waals surface area (Å²) in [7, 11) is 0. The molecule has 0 aromatic heterocycles. The minimum atomic E-state index is 0.450. The average Bonchev–Trinajstić information content (AvgIpc) is 2.28. The van der Waals surface area contributed by atoms with Gasteiger partial charge in [-0.15, -0.1) is 0 Å². The van der Waals surface area contributed by atoms with Gasteiger partial charge in [0, 0.05) is 24.7 Å². The molecular formula is C13H16Cl2N2. The zero-order valence-corrected chi connectivity index (χ0v) is 11.6. The molecule has 1 aliphatic heterocycles. The van der Waals surface area contributed by atoms with Gasteiger partial charge >= 0.3 is 0 Å². The van der Waals surface area contributed by atoms with Crippen LogP contribution in [0.4, 0.5) is 0 Å². The van der Waals surface area contributed by atoms with Crippen molar-refractivity contribution in [2.45, 2.75) is 26.3 Å². The summed E-state index contributed by atoms with van der Waals surface area (Å²) >= 11 is 12.1. The Kier molecular flexibility index (Phi) is 4.08. The zero-order chi connectivity index (χ0) is 12.4. The lowest BCUT2D eigenvalue weighted by molar-refractivity contribution is 0.641. The second-order valence-electron chi connectivity index (χ2n) is 4.54. The van der Waals surface area contributed by atoms with Crippen LogP contribution in [-0.4, -0.2) is 24.8 Å². The van der Waals surface area contributed by atoms with Gasteiger partial charge in [-0.25, -0.2) is 0 Å². The SMILES string of the molecule is CC(C)NCC1=NCCc2cc(Cl)c(Cl)cc21. The lowest BCUT2D eigenvalue weighted by Crippen LogP contribution is -2.31. The molecule has 1 aromatic rings. The van der Waals surface area contributed by atoms with E-state index in [0.717, 1.165) is 30.8 Å². The smallest absolute Gasteiger partial charge is 0.0599 e. The molecule has 0 saturated heterocycles. The van der Waals surface area contributed by atoms with E-state index in [4.69, 9.17) is 23.2 Å². The fourth-order valence-corrected chi connectivity index (χ4v) is 2.26. The standard InChI is InChI=1S/C13H16Cl2N2/c1-8(2)17-7-13-10-6-12(15)11(14)5-9(10)3-4-16-13/h5-6,8,17H,3-4,7H2,1-2H3. The molecule has 1 N–H and O–H groups in total. The molecule has 0 unspecified atom stereocenters. The summed E-state index contributed by atoms with van der Waals surface area (Å²) in [4.78, 5) is 4.57. The van der Waals surface area contributed by atoms with Crippen LogP contribution in [0.1, 0.15) is 25.0 Å². The van der Waals surface area contributed by atoms with Crippen molar-refractivity contribution in [1.29, 1.82) is 0 Å². The molecule has 0 bridgehead atoms. The Labute approximate surface area is 112 Å². The number of hydrogen-bond acceptors (Lipinski definition) is 2. The van der Waals surface area contributed by atoms with Crippen LogP contribution in [0.5, 0.6) is 0 Å². The highest BCUT2D eigenvalue weighted by Crippen LogP contribution is 2.28. The second kappa shape index (κ2) is 5.38. The molecule has 0 radical (unpaired) electrons. The summed E-state index contributed by atoms with van der Waals surface area (Å²) < 4.78 is 0. The van der Waals surface area contributed by atoms with Crippen LogP contribution in [0.25, 0.3) is 0 Å². The first-order chi connectivity index (χ1) is 8.08. The predicted octanol–water partition coefficient (Wildman–Crippen LogP) is 3.34. The number of fused-ring (bicyclic) bond motifs is 1. The van der Waals surface area contributed by atoms with Crippen LogP contribution in [0.2, 0.25) is 10.0 Å². The van der Waals surface area contributed by atoms with Gasteiger partial charge in [0.15, 0.2) is 0 Å². The maximum Gasteiger partial charge on any atom is 0.0599 e. The second-order valence-corrected chi connectivity index (χ2v) is 5.35. The van der Waals surface area contributed by atoms with Crippen molar-refractivity contribution in [3.63, 3.8) is 0 Å². The maximum atomic E-state index is 6.07. The summed E-state index contributed by atoms with van der Waals surface area (Å²) in [6.07, 6.45) is 0.942. The summed E-state index contributed by atoms with van der Waals surface area (Å²) in [5.74, 6) is 0. The first kappa shape index (κ1) is 12.9. The molecule has 0 spiro atoms. The molecule has 0 atom stereocenters. The van der Waals surface area contributed by atoms with E-state index in [0.29, 0.717) is 16.1 Å². The first-order valence-corrected chi connectivity index (χ1v) is 6.58. The van der Waals surface area contributed by atoms with Crippen LogP contribution < -0.4 is 5.32 Å². The van der Waals surface area contributed by atoms with Crippen LogP contribution in [0, 0.1) is 0 Å². The average molecular weight is 271 g/mol. The fraction of sp³-hybridized carbons (Fsp3) is 0.462. The molecule has 17 heavy (non-hydrogen) atoms. The largest absolute Gasteiger partial charge is 0.309 e. The maximum absolute atomic E-state index is 6.07. The molecule has 1 aromatic carbocycles. The van der Waals surface area contributed by atoms with Crippen molar-refractivity contribution in [3.8, 4) is 0 Å². The van der Waals surface area contributed by atoms with Gasteiger partial charge in [0.05, 0.1) is 15.8 Å². The van der Waals surface area contributed by atoms with Crippen LogP contribution in [-0.2, 0) is 6.42 Å². The Morgan fingerprint density at radius 2 is 2.00 bits per heavy atom. The summed E-state index contributed by atoms with van der Waals surface area (Å²) in [6, 6.07) is 4.34. The van der Waals surface area contributed by atoms with Gasteiger partial charge < -0.3 is 5.32 Å². The minimum Gasteiger partial charge on any atom is -0.309 e. The van der Waals surface area contributed by atoms with Crippen LogP contribution in [0.15, 0.2) is 17.1 Å². The first-order valence-electron chi connectivity index (χ1n) is 5.83. The van der Waals surface area contributed by atoms with E-state index < -0.39 is 0 Å². The van der Waals surface area contributed by atoms with E-state index in [9.17, 15) is 0 Å². The highest BCUT2D eigenvalue weighted by molar-refractivity contribution is 6.42. The Bertz CT molecular complexity index is 453. The molecule has 2 rings (SSSR count). The van der Waals surface area contributed by atoms with Crippen molar-refractivity contribution >= 4 is 28.9 Å². The summed E-state index contributed by atoms with van der Waals surface area (Å²) in [6.45, 7) is 5.86. The Balaban J connectivity index is 2.27. The monoisotopic (exact) mass is 270 g/mol. The Hall–Kier alpha value is -0.570. The third-order valence-corrected chi connectivity index (χ3v) is 3.54. The normalized spacial score (nSPS) is 14.8. The fourth-order valence-electron chi connectivity index (χ4n) is 1.91. The van der Waals surface area contributed by atoms with E-state index in [1.807, 2.05) is 12.1 Å². The van der Waals surface area contributed by atoms with Gasteiger partial charge in [-0.3, -0.25) is 4.99 Å². The number of halogens is 2. The summed E-state index contributed by atoms with van der Waals surface area (Å²) in [5, 5.41) is 4.61. The van der Waals surface area contributed by atoms with E-state index in [1.54, 1.807) is 0 Å². The Morgan fingerprint density at radius 1 is 1.29 bits per heavy atom. The number of nitrogens with one attached hydrogen (secondary N) is 1. The van der Waals surface area contributed by atoms with E-state index in [-0.39, 0.29) is 0 Å². The molecule has 0 saturated carbocycles. The molecule has 92 valence electrons. The molecule has 4 heteroatoms.